The quantitative estimate of drug-likeness (QED) is 0.0845. The van der Waals surface area contributed by atoms with E-state index in [-0.39, 0.29) is 76.6 Å². The number of unbranched alkanes of at least 4 members (excludes halogenated alkanes) is 1. The summed E-state index contributed by atoms with van der Waals surface area (Å²) in [7, 11) is -3.55. The van der Waals surface area contributed by atoms with Crippen LogP contribution in [0.3, 0.4) is 0 Å². The molecular formula is C37H42NNaO12S. The van der Waals surface area contributed by atoms with E-state index in [4.69, 9.17) is 29.5 Å². The van der Waals surface area contributed by atoms with Gasteiger partial charge in [0.15, 0.2) is 0 Å². The molecule has 0 atom stereocenters. The summed E-state index contributed by atoms with van der Waals surface area (Å²) in [6.45, 7) is 6.96. The number of esters is 3. The molecule has 0 saturated heterocycles. The van der Waals surface area contributed by atoms with Gasteiger partial charge in [-0.25, -0.2) is 27.5 Å². The molecule has 4 N–H and O–H groups in total. The van der Waals surface area contributed by atoms with Gasteiger partial charge in [-0.3, -0.25) is 4.79 Å². The summed E-state index contributed by atoms with van der Waals surface area (Å²) in [5.74, 6) is -1.16. The van der Waals surface area contributed by atoms with Crippen molar-refractivity contribution < 1.29 is 88.1 Å². The fourth-order valence-electron chi connectivity index (χ4n) is 3.80. The van der Waals surface area contributed by atoms with E-state index in [0.29, 0.717) is 36.5 Å². The van der Waals surface area contributed by atoms with E-state index in [1.54, 1.807) is 31.2 Å². The molecule has 15 heteroatoms. The van der Waals surface area contributed by atoms with Gasteiger partial charge in [-0.1, -0.05) is 32.4 Å². The molecule has 1 heterocycles. The first-order valence-electron chi connectivity index (χ1n) is 15.9. The number of sulfonamides is 1. The Kier molecular flexibility index (Phi) is 20.4. The Hall–Kier alpha value is -4.89. The van der Waals surface area contributed by atoms with E-state index < -0.39 is 15.9 Å². The van der Waals surface area contributed by atoms with Gasteiger partial charge < -0.3 is 31.0 Å². The number of fused-ring (bicyclic) bond motifs is 1. The summed E-state index contributed by atoms with van der Waals surface area (Å²) in [5.41, 5.74) is 1.61. The second kappa shape index (κ2) is 23.6. The van der Waals surface area contributed by atoms with Crippen LogP contribution < -0.4 is 34.3 Å². The van der Waals surface area contributed by atoms with E-state index in [1.165, 1.54) is 72.8 Å². The van der Waals surface area contributed by atoms with Crippen LogP contribution in [0.2, 0.25) is 0 Å². The molecule has 4 aromatic rings. The monoisotopic (exact) mass is 747 g/mol. The molecule has 4 aromatic carbocycles. The van der Waals surface area contributed by atoms with Crippen LogP contribution in [0.1, 0.15) is 82.9 Å². The van der Waals surface area contributed by atoms with Crippen molar-refractivity contribution in [2.24, 2.45) is 0 Å². The maximum absolute atomic E-state index is 11.3. The van der Waals surface area contributed by atoms with Gasteiger partial charge in [-0.2, -0.15) is 0 Å². The van der Waals surface area contributed by atoms with Crippen LogP contribution in [0.25, 0.3) is 0 Å². The Morgan fingerprint density at radius 2 is 1.02 bits per heavy atom. The van der Waals surface area contributed by atoms with Crippen molar-refractivity contribution in [3.05, 3.63) is 119 Å². The molecule has 0 saturated carbocycles. The summed E-state index contributed by atoms with van der Waals surface area (Å²) in [4.78, 5) is 44.6. The summed E-state index contributed by atoms with van der Waals surface area (Å²) >= 11 is 0. The molecule has 0 bridgehead atoms. The molecule has 0 spiro atoms. The molecule has 52 heavy (non-hydrogen) atoms. The number of carbonyl (C=O) groups is 4. The van der Waals surface area contributed by atoms with Gasteiger partial charge in [0.05, 0.1) is 42.1 Å². The van der Waals surface area contributed by atoms with Crippen molar-refractivity contribution in [1.29, 1.82) is 0 Å². The third-order valence-corrected chi connectivity index (χ3v) is 7.79. The maximum Gasteiger partial charge on any atom is 1.00 e. The minimum atomic E-state index is -3.55. The van der Waals surface area contributed by atoms with E-state index in [0.717, 1.165) is 19.3 Å². The van der Waals surface area contributed by atoms with Crippen LogP contribution in [0.15, 0.2) is 102 Å². The summed E-state index contributed by atoms with van der Waals surface area (Å²) in [6, 6.07) is 24.1. The van der Waals surface area contributed by atoms with E-state index in [2.05, 4.69) is 0 Å². The number of benzene rings is 4. The van der Waals surface area contributed by atoms with Crippen LogP contribution in [-0.2, 0) is 24.2 Å². The number of amides is 1. The van der Waals surface area contributed by atoms with Gasteiger partial charge >= 0.3 is 47.5 Å². The normalized spacial score (nSPS) is 11.5. The zero-order valence-corrected chi connectivity index (χ0v) is 32.2. The average Bonchev–Trinajstić information content (AvgIpc) is 3.36. The largest absolute Gasteiger partial charge is 1.00 e. The van der Waals surface area contributed by atoms with Crippen LogP contribution in [0.4, 0.5) is 0 Å². The average molecular weight is 748 g/mol. The number of rotatable bonds is 9. The Morgan fingerprint density at radius 3 is 1.40 bits per heavy atom. The van der Waals surface area contributed by atoms with Crippen molar-refractivity contribution in [1.82, 2.24) is 4.72 Å². The van der Waals surface area contributed by atoms with Crippen LogP contribution in [-0.4, -0.2) is 67.4 Å². The van der Waals surface area contributed by atoms with Gasteiger partial charge in [0.1, 0.15) is 22.1 Å². The Labute approximate surface area is 326 Å². The third kappa shape index (κ3) is 15.6. The van der Waals surface area contributed by atoms with Crippen molar-refractivity contribution in [3.8, 4) is 17.2 Å². The molecule has 1 aliphatic heterocycles. The Morgan fingerprint density at radius 1 is 0.615 bits per heavy atom. The smallest absolute Gasteiger partial charge is 1.00 e. The molecule has 0 radical (unpaired) electrons. The first kappa shape index (κ1) is 45.1. The molecule has 1 amide bonds. The molecule has 0 aromatic heterocycles. The van der Waals surface area contributed by atoms with E-state index in [9.17, 15) is 27.6 Å². The van der Waals surface area contributed by atoms with Gasteiger partial charge in [0.2, 0.25) is 0 Å². The first-order chi connectivity index (χ1) is 24.3. The predicted molar refractivity (Wildman–Crippen MR) is 188 cm³/mol. The van der Waals surface area contributed by atoms with Gasteiger partial charge in [-0.05, 0) is 105 Å². The van der Waals surface area contributed by atoms with Gasteiger partial charge in [0, 0.05) is 0 Å². The van der Waals surface area contributed by atoms with E-state index >= 15 is 0 Å². The van der Waals surface area contributed by atoms with Crippen molar-refractivity contribution in [2.75, 3.05) is 19.8 Å². The molecule has 0 aliphatic carbocycles. The van der Waals surface area contributed by atoms with Crippen LogP contribution in [0.5, 0.6) is 17.2 Å². The molecule has 274 valence electrons. The maximum atomic E-state index is 11.3. The summed E-state index contributed by atoms with van der Waals surface area (Å²) < 4.78 is 38.8. The number of nitrogens with one attached hydrogen (secondary N) is 1. The first-order valence-corrected chi connectivity index (χ1v) is 17.4. The Balaban J connectivity index is 0.000000673. The zero-order chi connectivity index (χ0) is 37.8. The molecule has 13 nitrogen and oxygen atoms in total. The molecule has 5 rings (SSSR count). The number of hydrogen-bond acceptors (Lipinski definition) is 12. The van der Waals surface area contributed by atoms with Crippen molar-refractivity contribution >= 4 is 33.8 Å². The van der Waals surface area contributed by atoms with Gasteiger partial charge in [-0.15, -0.1) is 0 Å². The molecule has 1 aliphatic rings. The topological polar surface area (TPSA) is 203 Å². The number of carbonyl (C=O) groups excluding carboxylic acids is 4. The minimum Gasteiger partial charge on any atom is -1.00 e. The van der Waals surface area contributed by atoms with Crippen molar-refractivity contribution in [2.45, 2.75) is 44.9 Å². The van der Waals surface area contributed by atoms with Crippen molar-refractivity contribution in [3.63, 3.8) is 0 Å². The molecule has 0 unspecified atom stereocenters. The summed E-state index contributed by atoms with van der Waals surface area (Å²) in [5, 5.41) is 26.9. The number of phenolic OH excluding ortho intramolecular Hbond substituents is 3. The van der Waals surface area contributed by atoms with Crippen LogP contribution >= 0.6 is 0 Å². The van der Waals surface area contributed by atoms with E-state index in [1.807, 2.05) is 18.6 Å². The SMILES string of the molecule is CCCCOC(=O)c1ccc(O)cc1.CCCOC(=O)c1ccc(O)cc1.CCOC(=O)c1ccc(O)cc1.O=C1NS(=O)(=O)c2ccccc21.[H-].[Na+]. The predicted octanol–water partition coefficient (Wildman–Crippen LogP) is 3.11. The Bertz CT molecular complexity index is 1840. The van der Waals surface area contributed by atoms with Gasteiger partial charge in [0.25, 0.3) is 15.9 Å². The minimum absolute atomic E-state index is 0. The number of aromatic hydroxyl groups is 3. The summed E-state index contributed by atoms with van der Waals surface area (Å²) in [6.07, 6.45) is 2.69. The fraction of sp³-hybridized carbons (Fsp3) is 0.243. The van der Waals surface area contributed by atoms with Crippen LogP contribution in [0, 0.1) is 0 Å². The molecule has 0 fully saturated rings. The molecular weight excluding hydrogens is 705 g/mol. The second-order valence-electron chi connectivity index (χ2n) is 10.4. The fourth-order valence-corrected chi connectivity index (χ4v) is 4.97. The standard InChI is InChI=1S/C11H14O3.C10H12O3.C9H10O3.C7H5NO3S.Na.H/c1-2-3-8-14-11(13)9-4-6-10(12)7-5-9;1-2-7-13-10(12)8-3-5-9(11)6-4-8;1-2-12-9(11)7-3-5-8(10)6-4-7;9-7-5-3-1-2-4-6(5)12(10,11)8-7;;/h4-7,12H,2-3,8H2,1H3;3-6,11H,2,7H2,1H3;3-6,10H,2H2,1H3;1-4H,(H,8,9);;/q;;;;+1;-1. The number of phenols is 3. The number of hydrogen-bond donors (Lipinski definition) is 4. The zero-order valence-electron chi connectivity index (χ0n) is 30.4. The third-order valence-electron chi connectivity index (χ3n) is 6.40. The second-order valence-corrected chi connectivity index (χ2v) is 12.1. The number of ether oxygens (including phenoxy) is 3.